The molecule has 1 aliphatic rings. The Morgan fingerprint density at radius 1 is 1.62 bits per heavy atom. The molecule has 0 spiro atoms. The number of nitrogens with zero attached hydrogens (tertiary/aromatic N) is 3. The Morgan fingerprint density at radius 2 is 2.38 bits per heavy atom. The van der Waals surface area contributed by atoms with Crippen LogP contribution in [0.1, 0.15) is 12.2 Å². The van der Waals surface area contributed by atoms with E-state index in [1.807, 2.05) is 6.20 Å². The summed E-state index contributed by atoms with van der Waals surface area (Å²) >= 11 is 0. The number of aromatic nitrogens is 2. The molecule has 0 aliphatic carbocycles. The van der Waals surface area contributed by atoms with Gasteiger partial charge in [0.15, 0.2) is 0 Å². The molecule has 0 fully saturated rings. The molecule has 0 N–H and O–H groups in total. The average molecular weight is 243 g/mol. The number of aryl methyl sites for hydroxylation is 1. The highest BCUT2D eigenvalue weighted by atomic mass is 32.2. The molecule has 0 amide bonds. The second-order valence-electron chi connectivity index (χ2n) is 4.44. The summed E-state index contributed by atoms with van der Waals surface area (Å²) in [5.74, 6) is 1.45. The highest BCUT2D eigenvalue weighted by molar-refractivity contribution is 7.88. The molecule has 0 saturated heterocycles. The standard InChI is InChI=1S/C10H17N3O2S/c1-12(16(2,14)15)8-9-3-5-13-6-4-11-10(13)7-9/h4,6,9H,3,5,7-8H2,1-2H3/t9-/m0/s1. The Hall–Kier alpha value is -0.880. The summed E-state index contributed by atoms with van der Waals surface area (Å²) < 4.78 is 26.2. The van der Waals surface area contributed by atoms with Crippen molar-refractivity contribution >= 4 is 10.0 Å². The Bertz CT molecular complexity index is 466. The first-order valence-corrected chi connectivity index (χ1v) is 7.23. The Kier molecular flexibility index (Phi) is 3.03. The molecule has 1 aromatic rings. The fourth-order valence-corrected chi connectivity index (χ4v) is 2.55. The molecule has 0 aromatic carbocycles. The van der Waals surface area contributed by atoms with Crippen molar-refractivity contribution in [3.8, 4) is 0 Å². The maximum absolute atomic E-state index is 11.3. The van der Waals surface area contributed by atoms with E-state index in [-0.39, 0.29) is 0 Å². The van der Waals surface area contributed by atoms with Crippen LogP contribution in [0.4, 0.5) is 0 Å². The van der Waals surface area contributed by atoms with Crippen molar-refractivity contribution in [1.82, 2.24) is 13.9 Å². The molecule has 1 atom stereocenters. The van der Waals surface area contributed by atoms with Crippen molar-refractivity contribution in [2.75, 3.05) is 19.8 Å². The molecule has 0 radical (unpaired) electrons. The zero-order valence-electron chi connectivity index (χ0n) is 9.63. The lowest BCUT2D eigenvalue weighted by molar-refractivity contribution is 0.317. The molecule has 16 heavy (non-hydrogen) atoms. The quantitative estimate of drug-likeness (QED) is 0.769. The van der Waals surface area contributed by atoms with Gasteiger partial charge in [-0.15, -0.1) is 0 Å². The van der Waals surface area contributed by atoms with E-state index in [1.54, 1.807) is 13.2 Å². The molecular formula is C10H17N3O2S. The van der Waals surface area contributed by atoms with E-state index in [1.165, 1.54) is 10.6 Å². The first kappa shape index (κ1) is 11.6. The van der Waals surface area contributed by atoms with Gasteiger partial charge in [0.25, 0.3) is 0 Å². The summed E-state index contributed by atoms with van der Waals surface area (Å²) in [5.41, 5.74) is 0. The zero-order valence-corrected chi connectivity index (χ0v) is 10.4. The lowest BCUT2D eigenvalue weighted by Crippen LogP contribution is -2.34. The molecule has 1 aliphatic heterocycles. The van der Waals surface area contributed by atoms with E-state index in [4.69, 9.17) is 0 Å². The number of imidazole rings is 1. The van der Waals surface area contributed by atoms with E-state index >= 15 is 0 Å². The van der Waals surface area contributed by atoms with Crippen molar-refractivity contribution in [2.45, 2.75) is 19.4 Å². The third kappa shape index (κ3) is 2.44. The van der Waals surface area contributed by atoms with Crippen LogP contribution in [0.5, 0.6) is 0 Å². The minimum atomic E-state index is -3.06. The lowest BCUT2D eigenvalue weighted by atomic mass is 9.98. The topological polar surface area (TPSA) is 55.2 Å². The third-order valence-electron chi connectivity index (χ3n) is 3.13. The highest BCUT2D eigenvalue weighted by Gasteiger charge is 2.23. The van der Waals surface area contributed by atoms with Crippen LogP contribution < -0.4 is 0 Å². The van der Waals surface area contributed by atoms with Gasteiger partial charge in [0.05, 0.1) is 6.26 Å². The number of fused-ring (bicyclic) bond motifs is 1. The van der Waals surface area contributed by atoms with E-state index < -0.39 is 10.0 Å². The Balaban J connectivity index is 2.00. The highest BCUT2D eigenvalue weighted by Crippen LogP contribution is 2.20. The van der Waals surface area contributed by atoms with Gasteiger partial charge in [-0.3, -0.25) is 0 Å². The molecular weight excluding hydrogens is 226 g/mol. The van der Waals surface area contributed by atoms with Gasteiger partial charge in [-0.2, -0.15) is 0 Å². The van der Waals surface area contributed by atoms with Crippen molar-refractivity contribution in [3.05, 3.63) is 18.2 Å². The van der Waals surface area contributed by atoms with Crippen LogP contribution in [-0.2, 0) is 23.0 Å². The molecule has 6 heteroatoms. The molecule has 0 saturated carbocycles. The number of sulfonamides is 1. The second-order valence-corrected chi connectivity index (χ2v) is 6.53. The predicted molar refractivity (Wildman–Crippen MR) is 61.5 cm³/mol. The summed E-state index contributed by atoms with van der Waals surface area (Å²) in [5, 5.41) is 0. The molecule has 5 nitrogen and oxygen atoms in total. The smallest absolute Gasteiger partial charge is 0.210 e. The third-order valence-corrected chi connectivity index (χ3v) is 4.41. The van der Waals surface area contributed by atoms with E-state index in [0.717, 1.165) is 25.2 Å². The van der Waals surface area contributed by atoms with Gasteiger partial charge in [-0.05, 0) is 12.3 Å². The van der Waals surface area contributed by atoms with Crippen molar-refractivity contribution in [2.24, 2.45) is 5.92 Å². The van der Waals surface area contributed by atoms with Gasteiger partial charge in [-0.1, -0.05) is 0 Å². The van der Waals surface area contributed by atoms with E-state index in [2.05, 4.69) is 9.55 Å². The van der Waals surface area contributed by atoms with Crippen molar-refractivity contribution < 1.29 is 8.42 Å². The molecule has 0 bridgehead atoms. The zero-order chi connectivity index (χ0) is 11.8. The average Bonchev–Trinajstić information content (AvgIpc) is 2.63. The molecule has 2 rings (SSSR count). The first-order chi connectivity index (χ1) is 7.47. The summed E-state index contributed by atoms with van der Waals surface area (Å²) in [6.07, 6.45) is 6.91. The van der Waals surface area contributed by atoms with Gasteiger partial charge in [0, 0.05) is 39.0 Å². The summed E-state index contributed by atoms with van der Waals surface area (Å²) in [6.45, 7) is 1.53. The van der Waals surface area contributed by atoms with Crippen LogP contribution in [0.15, 0.2) is 12.4 Å². The molecule has 2 heterocycles. The predicted octanol–water partition coefficient (Wildman–Crippen LogP) is 0.337. The Labute approximate surface area is 96.1 Å². The molecule has 90 valence electrons. The number of hydrogen-bond donors (Lipinski definition) is 0. The Morgan fingerprint density at radius 3 is 3.06 bits per heavy atom. The maximum Gasteiger partial charge on any atom is 0.210 e. The second kappa shape index (κ2) is 4.18. The summed E-state index contributed by atoms with van der Waals surface area (Å²) in [7, 11) is -1.42. The molecule has 1 aromatic heterocycles. The van der Waals surface area contributed by atoms with E-state index in [9.17, 15) is 8.42 Å². The van der Waals surface area contributed by atoms with Gasteiger partial charge in [-0.25, -0.2) is 17.7 Å². The van der Waals surface area contributed by atoms with Crippen LogP contribution in [0.2, 0.25) is 0 Å². The van der Waals surface area contributed by atoms with Crippen LogP contribution in [-0.4, -0.2) is 42.1 Å². The van der Waals surface area contributed by atoms with Gasteiger partial charge in [0.2, 0.25) is 10.0 Å². The molecule has 0 unspecified atom stereocenters. The number of hydrogen-bond acceptors (Lipinski definition) is 3. The van der Waals surface area contributed by atoms with Crippen LogP contribution in [0, 0.1) is 5.92 Å². The summed E-state index contributed by atoms with van der Waals surface area (Å²) in [4.78, 5) is 4.27. The van der Waals surface area contributed by atoms with Crippen molar-refractivity contribution in [3.63, 3.8) is 0 Å². The summed E-state index contributed by atoms with van der Waals surface area (Å²) in [6, 6.07) is 0. The van der Waals surface area contributed by atoms with E-state index in [0.29, 0.717) is 12.5 Å². The largest absolute Gasteiger partial charge is 0.335 e. The normalized spacial score (nSPS) is 21.1. The monoisotopic (exact) mass is 243 g/mol. The minimum Gasteiger partial charge on any atom is -0.335 e. The van der Waals surface area contributed by atoms with Crippen molar-refractivity contribution in [1.29, 1.82) is 0 Å². The fraction of sp³-hybridized carbons (Fsp3) is 0.700. The van der Waals surface area contributed by atoms with Crippen LogP contribution in [0.25, 0.3) is 0 Å². The number of rotatable bonds is 3. The van der Waals surface area contributed by atoms with Gasteiger partial charge < -0.3 is 4.57 Å². The maximum atomic E-state index is 11.3. The van der Waals surface area contributed by atoms with Gasteiger partial charge >= 0.3 is 0 Å². The fourth-order valence-electron chi connectivity index (χ4n) is 2.07. The van der Waals surface area contributed by atoms with Gasteiger partial charge in [0.1, 0.15) is 5.82 Å². The lowest BCUT2D eigenvalue weighted by Gasteiger charge is -2.26. The van der Waals surface area contributed by atoms with Crippen LogP contribution >= 0.6 is 0 Å². The first-order valence-electron chi connectivity index (χ1n) is 5.38. The minimum absolute atomic E-state index is 0.384. The SMILES string of the molecule is CN(C[C@H]1CCn2ccnc2C1)S(C)(=O)=O. The van der Waals surface area contributed by atoms with Crippen LogP contribution in [0.3, 0.4) is 0 Å².